The average molecular weight is 422 g/mol. The van der Waals surface area contributed by atoms with Crippen LogP contribution >= 0.6 is 24.0 Å². The lowest BCUT2D eigenvalue weighted by Crippen LogP contribution is -2.45. The molecular weight excluding hydrogens is 395 g/mol. The molecule has 1 aromatic heterocycles. The monoisotopic (exact) mass is 422 g/mol. The lowest BCUT2D eigenvalue weighted by Gasteiger charge is -2.23. The molecule has 0 aromatic carbocycles. The van der Waals surface area contributed by atoms with E-state index in [0.717, 1.165) is 19.6 Å². The fraction of sp³-hybridized carbons (Fsp3) is 0.667. The number of furan rings is 1. The SMILES string of the molecule is CN=C(NCC1CCN(C)C1)NCC(C)(O)c1ccco1.I. The van der Waals surface area contributed by atoms with Crippen molar-refractivity contribution < 1.29 is 9.52 Å². The fourth-order valence-electron chi connectivity index (χ4n) is 2.58. The summed E-state index contributed by atoms with van der Waals surface area (Å²) in [5.41, 5.74) is -1.06. The second-order valence-corrected chi connectivity index (χ2v) is 5.97. The highest BCUT2D eigenvalue weighted by Gasteiger charge is 2.26. The molecule has 3 N–H and O–H groups in total. The Balaban J connectivity index is 0.00000242. The summed E-state index contributed by atoms with van der Waals surface area (Å²) in [4.78, 5) is 6.53. The van der Waals surface area contributed by atoms with Crippen molar-refractivity contribution in [3.63, 3.8) is 0 Å². The van der Waals surface area contributed by atoms with Crippen LogP contribution in [-0.4, -0.2) is 56.2 Å². The Hall–Kier alpha value is -0.800. The van der Waals surface area contributed by atoms with Crippen molar-refractivity contribution in [2.45, 2.75) is 18.9 Å². The second kappa shape index (κ2) is 8.73. The molecule has 0 saturated carbocycles. The van der Waals surface area contributed by atoms with Gasteiger partial charge in [0.2, 0.25) is 0 Å². The molecule has 7 heteroatoms. The van der Waals surface area contributed by atoms with Crippen LogP contribution in [0.15, 0.2) is 27.8 Å². The maximum absolute atomic E-state index is 10.4. The second-order valence-electron chi connectivity index (χ2n) is 5.97. The van der Waals surface area contributed by atoms with Gasteiger partial charge in [-0.15, -0.1) is 24.0 Å². The number of rotatable bonds is 5. The van der Waals surface area contributed by atoms with Gasteiger partial charge in [0.15, 0.2) is 5.96 Å². The Labute approximate surface area is 149 Å². The molecule has 1 saturated heterocycles. The number of hydrogen-bond acceptors (Lipinski definition) is 4. The minimum absolute atomic E-state index is 0. The van der Waals surface area contributed by atoms with Crippen LogP contribution in [0.4, 0.5) is 0 Å². The van der Waals surface area contributed by atoms with E-state index in [1.165, 1.54) is 6.42 Å². The van der Waals surface area contributed by atoms with Crippen LogP contribution in [0, 0.1) is 5.92 Å². The molecule has 1 aliphatic rings. The quantitative estimate of drug-likeness (QED) is 0.378. The van der Waals surface area contributed by atoms with Gasteiger partial charge in [0, 0.05) is 20.1 Å². The molecule has 22 heavy (non-hydrogen) atoms. The number of likely N-dealkylation sites (tertiary alicyclic amines) is 1. The fourth-order valence-corrected chi connectivity index (χ4v) is 2.58. The molecule has 0 amide bonds. The van der Waals surface area contributed by atoms with E-state index in [0.29, 0.717) is 24.2 Å². The van der Waals surface area contributed by atoms with Gasteiger partial charge in [-0.2, -0.15) is 0 Å². The number of aliphatic imine (C=N–C) groups is 1. The first-order chi connectivity index (χ1) is 10.0. The molecule has 2 unspecified atom stereocenters. The van der Waals surface area contributed by atoms with Crippen LogP contribution in [0.5, 0.6) is 0 Å². The van der Waals surface area contributed by atoms with Crippen molar-refractivity contribution in [1.29, 1.82) is 0 Å². The van der Waals surface area contributed by atoms with E-state index < -0.39 is 5.60 Å². The van der Waals surface area contributed by atoms with Crippen LogP contribution in [-0.2, 0) is 5.60 Å². The summed E-state index contributed by atoms with van der Waals surface area (Å²) in [6, 6.07) is 3.54. The number of halogens is 1. The van der Waals surface area contributed by atoms with Crippen LogP contribution in [0.25, 0.3) is 0 Å². The van der Waals surface area contributed by atoms with Gasteiger partial charge in [-0.1, -0.05) is 0 Å². The Kier molecular flexibility index (Phi) is 7.64. The summed E-state index contributed by atoms with van der Waals surface area (Å²) >= 11 is 0. The minimum atomic E-state index is -1.06. The van der Waals surface area contributed by atoms with Gasteiger partial charge in [0.1, 0.15) is 11.4 Å². The highest BCUT2D eigenvalue weighted by molar-refractivity contribution is 14.0. The van der Waals surface area contributed by atoms with Crippen molar-refractivity contribution in [1.82, 2.24) is 15.5 Å². The van der Waals surface area contributed by atoms with E-state index in [2.05, 4.69) is 27.6 Å². The predicted octanol–water partition coefficient (Wildman–Crippen LogP) is 1.22. The molecule has 1 aromatic rings. The minimum Gasteiger partial charge on any atom is -0.466 e. The highest BCUT2D eigenvalue weighted by Crippen LogP contribution is 2.19. The molecular formula is C15H27IN4O2. The molecule has 0 bridgehead atoms. The van der Waals surface area contributed by atoms with Crippen molar-refractivity contribution in [2.75, 3.05) is 40.3 Å². The number of nitrogens with zero attached hydrogens (tertiary/aromatic N) is 2. The number of nitrogens with one attached hydrogen (secondary N) is 2. The molecule has 1 fully saturated rings. The Morgan fingerprint density at radius 1 is 1.55 bits per heavy atom. The third-order valence-electron chi connectivity index (χ3n) is 3.92. The van der Waals surface area contributed by atoms with Crippen molar-refractivity contribution in [3.8, 4) is 0 Å². The third kappa shape index (κ3) is 5.44. The number of guanidine groups is 1. The van der Waals surface area contributed by atoms with E-state index in [4.69, 9.17) is 4.42 Å². The Morgan fingerprint density at radius 2 is 2.32 bits per heavy atom. The van der Waals surface area contributed by atoms with Gasteiger partial charge in [-0.25, -0.2) is 0 Å². The highest BCUT2D eigenvalue weighted by atomic mass is 127. The molecule has 6 nitrogen and oxygen atoms in total. The average Bonchev–Trinajstić information content (AvgIpc) is 3.10. The summed E-state index contributed by atoms with van der Waals surface area (Å²) in [5, 5.41) is 16.9. The summed E-state index contributed by atoms with van der Waals surface area (Å²) in [6.45, 7) is 5.23. The van der Waals surface area contributed by atoms with Gasteiger partial charge in [-0.3, -0.25) is 4.99 Å². The molecule has 2 atom stereocenters. The molecule has 2 heterocycles. The van der Waals surface area contributed by atoms with Crippen LogP contribution < -0.4 is 10.6 Å². The van der Waals surface area contributed by atoms with Crippen LogP contribution in [0.2, 0.25) is 0 Å². The molecule has 2 rings (SSSR count). The Bertz CT molecular complexity index is 462. The lowest BCUT2D eigenvalue weighted by atomic mass is 10.0. The maximum atomic E-state index is 10.4. The van der Waals surface area contributed by atoms with E-state index in [1.807, 2.05) is 0 Å². The smallest absolute Gasteiger partial charge is 0.191 e. The summed E-state index contributed by atoms with van der Waals surface area (Å²) in [7, 11) is 3.88. The zero-order chi connectivity index (χ0) is 15.3. The first-order valence-corrected chi connectivity index (χ1v) is 7.40. The van der Waals surface area contributed by atoms with Gasteiger partial charge < -0.3 is 25.1 Å². The van der Waals surface area contributed by atoms with Gasteiger partial charge in [-0.05, 0) is 45.0 Å². The number of hydrogen-bond donors (Lipinski definition) is 3. The molecule has 1 aliphatic heterocycles. The van der Waals surface area contributed by atoms with E-state index in [-0.39, 0.29) is 24.0 Å². The zero-order valence-electron chi connectivity index (χ0n) is 13.5. The first kappa shape index (κ1) is 19.2. The molecule has 0 radical (unpaired) electrons. The topological polar surface area (TPSA) is 73.0 Å². The summed E-state index contributed by atoms with van der Waals surface area (Å²) in [6.07, 6.45) is 2.78. The standard InChI is InChI=1S/C15H26N4O2.HI/c1-15(20,13-5-4-8-21-13)11-18-14(16-2)17-9-12-6-7-19(3)10-12;/h4-5,8,12,20H,6-7,9-11H2,1-3H3,(H2,16,17,18);1H. The van der Waals surface area contributed by atoms with Gasteiger partial charge in [0.25, 0.3) is 0 Å². The van der Waals surface area contributed by atoms with Crippen LogP contribution in [0.1, 0.15) is 19.1 Å². The maximum Gasteiger partial charge on any atom is 0.191 e. The zero-order valence-corrected chi connectivity index (χ0v) is 15.8. The molecule has 0 spiro atoms. The largest absolute Gasteiger partial charge is 0.466 e. The van der Waals surface area contributed by atoms with Crippen molar-refractivity contribution in [2.24, 2.45) is 10.9 Å². The van der Waals surface area contributed by atoms with E-state index in [1.54, 1.807) is 32.4 Å². The van der Waals surface area contributed by atoms with Gasteiger partial charge in [0.05, 0.1) is 12.8 Å². The molecule has 0 aliphatic carbocycles. The first-order valence-electron chi connectivity index (χ1n) is 7.40. The Morgan fingerprint density at radius 3 is 2.86 bits per heavy atom. The lowest BCUT2D eigenvalue weighted by molar-refractivity contribution is 0.0386. The summed E-state index contributed by atoms with van der Waals surface area (Å²) in [5.74, 6) is 1.90. The van der Waals surface area contributed by atoms with Crippen molar-refractivity contribution in [3.05, 3.63) is 24.2 Å². The predicted molar refractivity (Wildman–Crippen MR) is 98.7 cm³/mol. The van der Waals surface area contributed by atoms with Gasteiger partial charge >= 0.3 is 0 Å². The third-order valence-corrected chi connectivity index (χ3v) is 3.92. The molecule has 126 valence electrons. The van der Waals surface area contributed by atoms with Crippen LogP contribution in [0.3, 0.4) is 0 Å². The number of aliphatic hydroxyl groups is 1. The normalized spacial score (nSPS) is 22.0. The summed E-state index contributed by atoms with van der Waals surface area (Å²) < 4.78 is 5.26. The van der Waals surface area contributed by atoms with Crippen molar-refractivity contribution >= 4 is 29.9 Å². The van der Waals surface area contributed by atoms with E-state index in [9.17, 15) is 5.11 Å². The van der Waals surface area contributed by atoms with E-state index >= 15 is 0 Å².